The molecule has 1 fully saturated rings. The molecule has 5 rings (SSSR count). The van der Waals surface area contributed by atoms with Gasteiger partial charge in [-0.15, -0.1) is 10.2 Å². The molecule has 0 aliphatic carbocycles. The maximum atomic E-state index is 14.1. The Morgan fingerprint density at radius 1 is 1.13 bits per heavy atom. The third-order valence-corrected chi connectivity index (χ3v) is 6.08. The smallest absolute Gasteiger partial charge is 0.296 e. The third kappa shape index (κ3) is 5.25. The summed E-state index contributed by atoms with van der Waals surface area (Å²) in [5.74, 6) is 0.861. The summed E-state index contributed by atoms with van der Waals surface area (Å²) in [6.45, 7) is 5.62. The molecule has 1 aliphatic heterocycles. The fourth-order valence-electron chi connectivity index (χ4n) is 4.26. The lowest BCUT2D eigenvalue weighted by molar-refractivity contribution is -0.131. The van der Waals surface area contributed by atoms with Crippen LogP contribution in [0.2, 0.25) is 0 Å². The summed E-state index contributed by atoms with van der Waals surface area (Å²) in [4.78, 5) is 29.7. The van der Waals surface area contributed by atoms with Crippen LogP contribution in [-0.2, 0) is 16.1 Å². The number of fused-ring (bicyclic) bond motifs is 1. The molecule has 200 valence electrons. The van der Waals surface area contributed by atoms with Crippen LogP contribution in [0.1, 0.15) is 31.0 Å². The lowest BCUT2D eigenvalue weighted by atomic mass is 10.3. The van der Waals surface area contributed by atoms with E-state index < -0.39 is 18.3 Å². The number of morpholine rings is 1. The maximum Gasteiger partial charge on any atom is 0.296 e. The fraction of sp³-hybridized carbons (Fsp3) is 0.417. The van der Waals surface area contributed by atoms with Crippen molar-refractivity contribution >= 4 is 28.7 Å². The minimum Gasteiger partial charge on any atom is -0.424 e. The average molecular weight is 528 g/mol. The van der Waals surface area contributed by atoms with Crippen molar-refractivity contribution in [1.29, 1.82) is 0 Å². The first kappa shape index (κ1) is 25.4. The van der Waals surface area contributed by atoms with Gasteiger partial charge in [0.1, 0.15) is 17.7 Å². The molecule has 4 heterocycles. The monoisotopic (exact) mass is 527 g/mol. The molecule has 0 bridgehead atoms. The molecule has 3 aromatic heterocycles. The molecule has 0 unspecified atom stereocenters. The second-order valence-corrected chi connectivity index (χ2v) is 8.88. The lowest BCUT2D eigenvalue weighted by Crippen LogP contribution is -2.39. The molecule has 0 radical (unpaired) electrons. The number of carbonyl (C=O) groups is 1. The van der Waals surface area contributed by atoms with Gasteiger partial charge in [0.05, 0.1) is 30.8 Å². The number of amides is 1. The van der Waals surface area contributed by atoms with E-state index in [0.29, 0.717) is 54.9 Å². The van der Waals surface area contributed by atoms with Crippen LogP contribution in [0.25, 0.3) is 16.9 Å². The minimum atomic E-state index is -2.83. The van der Waals surface area contributed by atoms with Gasteiger partial charge in [-0.05, 0) is 19.1 Å². The van der Waals surface area contributed by atoms with Crippen molar-refractivity contribution in [2.24, 2.45) is 0 Å². The number of benzene rings is 1. The van der Waals surface area contributed by atoms with Gasteiger partial charge in [0, 0.05) is 33.1 Å². The number of hydrogen-bond acceptors (Lipinski definition) is 10. The number of para-hydroxylation sites is 2. The van der Waals surface area contributed by atoms with Crippen LogP contribution in [0.4, 0.5) is 20.5 Å². The first-order valence-electron chi connectivity index (χ1n) is 12.1. The molecule has 1 N–H and O–H groups in total. The highest BCUT2D eigenvalue weighted by molar-refractivity contribution is 5.83. The maximum absolute atomic E-state index is 14.1. The number of hydrogen-bond donors (Lipinski definition) is 1. The molecule has 38 heavy (non-hydrogen) atoms. The summed E-state index contributed by atoms with van der Waals surface area (Å²) in [5, 5.41) is 10.7. The standard InChI is InChI=1S/C24H27F2N9O3/c1-14(23(36)33(3)13-20-32-31-15(2)38-20)27-24-29-18(34-8-10-37-11-9-34)12-19(30-24)35-17-7-5-4-6-16(17)28-22(35)21(25)26/h4-7,12,14,21H,8-11,13H2,1-3H3,(H,27,29,30)/t14-/m0/s1. The molecular formula is C24H27F2N9O3. The zero-order valence-corrected chi connectivity index (χ0v) is 21.1. The van der Waals surface area contributed by atoms with Gasteiger partial charge in [0.2, 0.25) is 23.6 Å². The van der Waals surface area contributed by atoms with Gasteiger partial charge < -0.3 is 24.3 Å². The Morgan fingerprint density at radius 3 is 2.58 bits per heavy atom. The van der Waals surface area contributed by atoms with Gasteiger partial charge in [0.15, 0.2) is 5.82 Å². The van der Waals surface area contributed by atoms with Crippen molar-refractivity contribution < 1.29 is 22.7 Å². The normalized spacial score (nSPS) is 14.7. The van der Waals surface area contributed by atoms with Crippen LogP contribution in [0, 0.1) is 6.92 Å². The molecule has 12 nitrogen and oxygen atoms in total. The van der Waals surface area contributed by atoms with Gasteiger partial charge >= 0.3 is 0 Å². The molecule has 0 spiro atoms. The highest BCUT2D eigenvalue weighted by Gasteiger charge is 2.25. The van der Waals surface area contributed by atoms with Crippen molar-refractivity contribution in [2.75, 3.05) is 43.6 Å². The highest BCUT2D eigenvalue weighted by atomic mass is 19.3. The van der Waals surface area contributed by atoms with Crippen LogP contribution in [0.3, 0.4) is 0 Å². The van der Waals surface area contributed by atoms with E-state index in [0.717, 1.165) is 0 Å². The SMILES string of the molecule is Cc1nnc(CN(C)C(=O)[C@H](C)Nc2nc(N3CCOCC3)cc(-n3c(C(F)F)nc4ccccc43)n2)o1. The number of imidazole rings is 1. The molecular weight excluding hydrogens is 500 g/mol. The van der Waals surface area contributed by atoms with Crippen molar-refractivity contribution in [3.05, 3.63) is 47.9 Å². The summed E-state index contributed by atoms with van der Waals surface area (Å²) < 4.78 is 40.3. The quantitative estimate of drug-likeness (QED) is 0.365. The summed E-state index contributed by atoms with van der Waals surface area (Å²) in [6, 6.07) is 7.76. The van der Waals surface area contributed by atoms with E-state index in [1.807, 2.05) is 4.90 Å². The van der Waals surface area contributed by atoms with E-state index in [2.05, 4.69) is 30.5 Å². The van der Waals surface area contributed by atoms with E-state index in [1.165, 1.54) is 9.47 Å². The summed E-state index contributed by atoms with van der Waals surface area (Å²) in [5.41, 5.74) is 0.907. The van der Waals surface area contributed by atoms with Crippen LogP contribution < -0.4 is 10.2 Å². The average Bonchev–Trinajstić information content (AvgIpc) is 3.51. The van der Waals surface area contributed by atoms with Crippen molar-refractivity contribution in [2.45, 2.75) is 32.9 Å². The number of aromatic nitrogens is 6. The van der Waals surface area contributed by atoms with Gasteiger partial charge in [-0.1, -0.05) is 12.1 Å². The number of nitrogens with one attached hydrogen (secondary N) is 1. The van der Waals surface area contributed by atoms with Crippen LogP contribution in [-0.4, -0.2) is 79.9 Å². The molecule has 14 heteroatoms. The van der Waals surface area contributed by atoms with E-state index >= 15 is 0 Å². The number of aryl methyl sites for hydroxylation is 1. The first-order chi connectivity index (χ1) is 18.3. The van der Waals surface area contributed by atoms with Crippen LogP contribution in [0.15, 0.2) is 34.7 Å². The largest absolute Gasteiger partial charge is 0.424 e. The number of halogens is 2. The Morgan fingerprint density at radius 2 is 1.87 bits per heavy atom. The summed E-state index contributed by atoms with van der Waals surface area (Å²) in [6.07, 6.45) is -2.83. The number of ether oxygens (including phenoxy) is 1. The highest BCUT2D eigenvalue weighted by Crippen LogP contribution is 2.29. The predicted octanol–water partition coefficient (Wildman–Crippen LogP) is 2.74. The Balaban J connectivity index is 1.49. The fourth-order valence-corrected chi connectivity index (χ4v) is 4.26. The summed E-state index contributed by atoms with van der Waals surface area (Å²) >= 11 is 0. The van der Waals surface area contributed by atoms with Gasteiger partial charge in [0.25, 0.3) is 6.43 Å². The molecule has 1 atom stereocenters. The van der Waals surface area contributed by atoms with E-state index in [-0.39, 0.29) is 24.2 Å². The van der Waals surface area contributed by atoms with Gasteiger partial charge in [-0.25, -0.2) is 13.8 Å². The zero-order valence-electron chi connectivity index (χ0n) is 21.1. The topological polar surface area (TPSA) is 127 Å². The molecule has 1 saturated heterocycles. The van der Waals surface area contributed by atoms with Crippen LogP contribution >= 0.6 is 0 Å². The number of anilines is 2. The second-order valence-electron chi connectivity index (χ2n) is 8.88. The van der Waals surface area contributed by atoms with E-state index in [9.17, 15) is 13.6 Å². The second kappa shape index (κ2) is 10.7. The molecule has 1 aromatic carbocycles. The Kier molecular flexibility index (Phi) is 7.13. The number of likely N-dealkylation sites (N-methyl/N-ethyl adjacent to an activating group) is 1. The Labute approximate surface area is 216 Å². The molecule has 4 aromatic rings. The van der Waals surface area contributed by atoms with Gasteiger partial charge in [-0.2, -0.15) is 9.97 Å². The predicted molar refractivity (Wildman–Crippen MR) is 133 cm³/mol. The minimum absolute atomic E-state index is 0.116. The molecule has 1 aliphatic rings. The Bertz CT molecular complexity index is 1430. The number of carbonyl (C=O) groups excluding carboxylic acids is 1. The van der Waals surface area contributed by atoms with E-state index in [4.69, 9.17) is 9.15 Å². The van der Waals surface area contributed by atoms with Crippen molar-refractivity contribution in [3.8, 4) is 5.82 Å². The Hall–Kier alpha value is -4.20. The lowest BCUT2D eigenvalue weighted by Gasteiger charge is -2.28. The van der Waals surface area contributed by atoms with E-state index in [1.54, 1.807) is 51.2 Å². The number of alkyl halides is 2. The third-order valence-electron chi connectivity index (χ3n) is 6.08. The summed E-state index contributed by atoms with van der Waals surface area (Å²) in [7, 11) is 1.61. The van der Waals surface area contributed by atoms with Crippen molar-refractivity contribution in [3.63, 3.8) is 0 Å². The molecule has 1 amide bonds. The first-order valence-corrected chi connectivity index (χ1v) is 12.1. The zero-order chi connectivity index (χ0) is 26.8. The van der Waals surface area contributed by atoms with Gasteiger partial charge in [-0.3, -0.25) is 9.36 Å². The molecule has 0 saturated carbocycles. The number of rotatable bonds is 8. The van der Waals surface area contributed by atoms with Crippen LogP contribution in [0.5, 0.6) is 0 Å². The number of nitrogens with zero attached hydrogens (tertiary/aromatic N) is 8. The van der Waals surface area contributed by atoms with Crippen molar-refractivity contribution in [1.82, 2.24) is 34.6 Å².